The molecule has 0 bridgehead atoms. The zero-order valence-corrected chi connectivity index (χ0v) is 18.7. The van der Waals surface area contributed by atoms with E-state index < -0.39 is 0 Å². The summed E-state index contributed by atoms with van der Waals surface area (Å²) in [6, 6.07) is 7.68. The molecule has 0 aliphatic heterocycles. The van der Waals surface area contributed by atoms with Crippen molar-refractivity contribution in [3.05, 3.63) is 29.8 Å². The van der Waals surface area contributed by atoms with Crippen molar-refractivity contribution in [3.63, 3.8) is 0 Å². The third-order valence-corrected chi connectivity index (χ3v) is 6.20. The van der Waals surface area contributed by atoms with Gasteiger partial charge in [-0.1, -0.05) is 102 Å². The SMILES string of the molecule is CSCCCCCCCCCCCCCCCCCCc1ccc(O)cc1. The van der Waals surface area contributed by atoms with Gasteiger partial charge in [0.2, 0.25) is 0 Å². The Labute approximate surface area is 173 Å². The number of thioether (sulfide) groups is 1. The molecule has 0 saturated carbocycles. The van der Waals surface area contributed by atoms with Crippen LogP contribution in [0.25, 0.3) is 0 Å². The molecule has 27 heavy (non-hydrogen) atoms. The molecule has 1 N–H and O–H groups in total. The smallest absolute Gasteiger partial charge is 0.115 e. The van der Waals surface area contributed by atoms with E-state index in [1.165, 1.54) is 114 Å². The summed E-state index contributed by atoms with van der Waals surface area (Å²) in [6.45, 7) is 0. The third kappa shape index (κ3) is 16.1. The van der Waals surface area contributed by atoms with Crippen molar-refractivity contribution in [1.29, 1.82) is 0 Å². The first kappa shape index (κ1) is 24.4. The Kier molecular flexibility index (Phi) is 16.9. The number of aromatic hydroxyl groups is 1. The van der Waals surface area contributed by atoms with E-state index in [1.807, 2.05) is 23.9 Å². The average Bonchev–Trinajstić information content (AvgIpc) is 2.68. The summed E-state index contributed by atoms with van der Waals surface area (Å²) in [5.41, 5.74) is 1.35. The normalized spacial score (nSPS) is 11.1. The molecule has 0 saturated heterocycles. The molecule has 1 aromatic rings. The summed E-state index contributed by atoms with van der Waals surface area (Å²) in [4.78, 5) is 0. The predicted octanol–water partition coefficient (Wildman–Crippen LogP) is 8.54. The van der Waals surface area contributed by atoms with Crippen LogP contribution < -0.4 is 0 Å². The van der Waals surface area contributed by atoms with Crippen LogP contribution in [-0.2, 0) is 6.42 Å². The lowest BCUT2D eigenvalue weighted by Crippen LogP contribution is -1.86. The molecule has 0 atom stereocenters. The Bertz CT molecular complexity index is 415. The molecule has 0 spiro atoms. The second-order valence-corrected chi connectivity index (χ2v) is 9.05. The van der Waals surface area contributed by atoms with E-state index in [0.29, 0.717) is 5.75 Å². The van der Waals surface area contributed by atoms with Crippen LogP contribution >= 0.6 is 11.8 Å². The number of phenolic OH excluding ortho intramolecular Hbond substituents is 1. The first-order valence-corrected chi connectivity index (χ1v) is 13.0. The van der Waals surface area contributed by atoms with Crippen LogP contribution in [0.15, 0.2) is 24.3 Å². The van der Waals surface area contributed by atoms with E-state index in [4.69, 9.17) is 0 Å². The molecule has 2 heteroatoms. The van der Waals surface area contributed by atoms with E-state index in [1.54, 1.807) is 12.1 Å². The molecule has 0 aliphatic rings. The maximum atomic E-state index is 9.28. The van der Waals surface area contributed by atoms with Crippen molar-refractivity contribution in [2.24, 2.45) is 0 Å². The number of phenols is 1. The fourth-order valence-corrected chi connectivity index (χ4v) is 4.21. The molecule has 0 aromatic heterocycles. The van der Waals surface area contributed by atoms with Gasteiger partial charge in [-0.15, -0.1) is 0 Å². The molecule has 1 aromatic carbocycles. The minimum Gasteiger partial charge on any atom is -0.508 e. The fraction of sp³-hybridized carbons (Fsp3) is 0.760. The van der Waals surface area contributed by atoms with E-state index in [2.05, 4.69) is 6.26 Å². The number of unbranched alkanes of at least 4 members (excludes halogenated alkanes) is 15. The molecule has 156 valence electrons. The quantitative estimate of drug-likeness (QED) is 0.238. The molecule has 0 radical (unpaired) electrons. The van der Waals surface area contributed by atoms with Crippen LogP contribution in [-0.4, -0.2) is 17.1 Å². The summed E-state index contributed by atoms with van der Waals surface area (Å²) < 4.78 is 0. The number of hydrogen-bond acceptors (Lipinski definition) is 2. The Hall–Kier alpha value is -0.630. The lowest BCUT2D eigenvalue weighted by atomic mass is 10.0. The van der Waals surface area contributed by atoms with Gasteiger partial charge in [0.1, 0.15) is 5.75 Å². The van der Waals surface area contributed by atoms with Crippen LogP contribution in [0.5, 0.6) is 5.75 Å². The summed E-state index contributed by atoms with van der Waals surface area (Å²) in [6.07, 6.45) is 26.2. The summed E-state index contributed by atoms with van der Waals surface area (Å²) in [5, 5.41) is 9.28. The summed E-state index contributed by atoms with van der Waals surface area (Å²) in [7, 11) is 0. The largest absolute Gasteiger partial charge is 0.508 e. The highest BCUT2D eigenvalue weighted by Gasteiger charge is 1.96. The van der Waals surface area contributed by atoms with Gasteiger partial charge in [-0.25, -0.2) is 0 Å². The Balaban J connectivity index is 1.71. The Morgan fingerprint density at radius 2 is 0.926 bits per heavy atom. The number of benzene rings is 1. The van der Waals surface area contributed by atoms with Crippen LogP contribution in [0.4, 0.5) is 0 Å². The first-order chi connectivity index (χ1) is 13.3. The zero-order chi connectivity index (χ0) is 19.4. The molecular formula is C25H44OS. The number of rotatable bonds is 19. The third-order valence-electron chi connectivity index (χ3n) is 5.50. The second-order valence-electron chi connectivity index (χ2n) is 8.07. The molecule has 0 heterocycles. The maximum Gasteiger partial charge on any atom is 0.115 e. The molecule has 0 fully saturated rings. The van der Waals surface area contributed by atoms with Crippen LogP contribution in [0.3, 0.4) is 0 Å². The molecule has 0 amide bonds. The topological polar surface area (TPSA) is 20.2 Å². The van der Waals surface area contributed by atoms with Gasteiger partial charge < -0.3 is 5.11 Å². The number of hydrogen-bond donors (Lipinski definition) is 1. The van der Waals surface area contributed by atoms with Gasteiger partial charge in [-0.05, 0) is 49.0 Å². The van der Waals surface area contributed by atoms with Crippen molar-refractivity contribution in [1.82, 2.24) is 0 Å². The molecule has 0 aliphatic carbocycles. The van der Waals surface area contributed by atoms with E-state index in [9.17, 15) is 5.11 Å². The van der Waals surface area contributed by atoms with Gasteiger partial charge in [-0.3, -0.25) is 0 Å². The maximum absolute atomic E-state index is 9.28. The standard InChI is InChI=1S/C25H44OS/c1-27-23-17-15-13-11-9-7-5-3-2-4-6-8-10-12-14-16-18-24-19-21-25(26)22-20-24/h19-22,26H,2-18,23H2,1H3. The highest BCUT2D eigenvalue weighted by atomic mass is 32.2. The summed E-state index contributed by atoms with van der Waals surface area (Å²) in [5.74, 6) is 1.72. The van der Waals surface area contributed by atoms with Crippen LogP contribution in [0.1, 0.15) is 108 Å². The van der Waals surface area contributed by atoms with E-state index in [-0.39, 0.29) is 0 Å². The van der Waals surface area contributed by atoms with Crippen molar-refractivity contribution in [2.45, 2.75) is 109 Å². The van der Waals surface area contributed by atoms with Crippen molar-refractivity contribution in [3.8, 4) is 5.75 Å². The van der Waals surface area contributed by atoms with Gasteiger partial charge in [0.15, 0.2) is 0 Å². The van der Waals surface area contributed by atoms with Gasteiger partial charge in [0, 0.05) is 0 Å². The zero-order valence-electron chi connectivity index (χ0n) is 17.9. The average molecular weight is 393 g/mol. The highest BCUT2D eigenvalue weighted by Crippen LogP contribution is 2.15. The monoisotopic (exact) mass is 392 g/mol. The lowest BCUT2D eigenvalue weighted by Gasteiger charge is -2.04. The first-order valence-electron chi connectivity index (χ1n) is 11.6. The molecule has 0 unspecified atom stereocenters. The van der Waals surface area contributed by atoms with Crippen molar-refractivity contribution < 1.29 is 5.11 Å². The van der Waals surface area contributed by atoms with Gasteiger partial charge >= 0.3 is 0 Å². The fourth-order valence-electron chi connectivity index (χ4n) is 3.71. The van der Waals surface area contributed by atoms with E-state index in [0.717, 1.165) is 6.42 Å². The molecular weight excluding hydrogens is 348 g/mol. The Morgan fingerprint density at radius 1 is 0.556 bits per heavy atom. The van der Waals surface area contributed by atoms with E-state index >= 15 is 0 Å². The van der Waals surface area contributed by atoms with Crippen LogP contribution in [0.2, 0.25) is 0 Å². The van der Waals surface area contributed by atoms with Gasteiger partial charge in [0.05, 0.1) is 0 Å². The van der Waals surface area contributed by atoms with Gasteiger partial charge in [0.25, 0.3) is 0 Å². The van der Waals surface area contributed by atoms with Crippen molar-refractivity contribution >= 4 is 11.8 Å². The Morgan fingerprint density at radius 3 is 1.33 bits per heavy atom. The van der Waals surface area contributed by atoms with Gasteiger partial charge in [-0.2, -0.15) is 11.8 Å². The number of aryl methyl sites for hydroxylation is 1. The van der Waals surface area contributed by atoms with Crippen LogP contribution in [0, 0.1) is 0 Å². The molecule has 1 rings (SSSR count). The minimum atomic E-state index is 0.371. The summed E-state index contributed by atoms with van der Waals surface area (Å²) >= 11 is 1.98. The minimum absolute atomic E-state index is 0.371. The predicted molar refractivity (Wildman–Crippen MR) is 124 cm³/mol. The highest BCUT2D eigenvalue weighted by molar-refractivity contribution is 7.98. The van der Waals surface area contributed by atoms with Crippen molar-refractivity contribution in [2.75, 3.05) is 12.0 Å². The lowest BCUT2D eigenvalue weighted by molar-refractivity contribution is 0.475. The second kappa shape index (κ2) is 18.7. The molecule has 1 nitrogen and oxygen atoms in total.